The molecule has 2 rings (SSSR count). The van der Waals surface area contributed by atoms with Crippen molar-refractivity contribution in [3.63, 3.8) is 0 Å². The molecule has 0 aliphatic rings. The van der Waals surface area contributed by atoms with Gasteiger partial charge >= 0.3 is 5.97 Å². The van der Waals surface area contributed by atoms with Gasteiger partial charge in [-0.1, -0.05) is 12.1 Å². The molecule has 0 bridgehead atoms. The van der Waals surface area contributed by atoms with Crippen LogP contribution in [0.15, 0.2) is 41.3 Å². The van der Waals surface area contributed by atoms with Crippen molar-refractivity contribution in [2.24, 2.45) is 5.73 Å². The zero-order chi connectivity index (χ0) is 14.5. The van der Waals surface area contributed by atoms with Gasteiger partial charge in [0.2, 0.25) is 0 Å². The first-order chi connectivity index (χ1) is 9.63. The highest BCUT2D eigenvalue weighted by atomic mass is 32.2. The third-order valence-electron chi connectivity index (χ3n) is 2.95. The first kappa shape index (κ1) is 14.7. The van der Waals surface area contributed by atoms with Crippen LogP contribution in [0.5, 0.6) is 5.75 Å². The number of nitrogens with two attached hydrogens (primary N) is 1. The van der Waals surface area contributed by atoms with Crippen molar-refractivity contribution in [3.05, 3.63) is 36.4 Å². The van der Waals surface area contributed by atoms with E-state index in [9.17, 15) is 4.79 Å². The fourth-order valence-electron chi connectivity index (χ4n) is 1.82. The van der Waals surface area contributed by atoms with Gasteiger partial charge in [-0.3, -0.25) is 4.79 Å². The molecule has 2 aromatic carbocycles. The molecule has 0 fully saturated rings. The molecule has 0 unspecified atom stereocenters. The van der Waals surface area contributed by atoms with Crippen molar-refractivity contribution in [2.45, 2.75) is 10.9 Å². The molecule has 0 aliphatic carbocycles. The van der Waals surface area contributed by atoms with E-state index < -0.39 is 6.04 Å². The summed E-state index contributed by atoms with van der Waals surface area (Å²) in [5.74, 6) is 0.947. The minimum absolute atomic E-state index is 0.386. The predicted octanol–water partition coefficient (Wildman–Crippen LogP) is 2.44. The zero-order valence-corrected chi connectivity index (χ0v) is 12.3. The summed E-state index contributed by atoms with van der Waals surface area (Å²) < 4.78 is 9.80. The molecular formula is C15H17NO3S. The summed E-state index contributed by atoms with van der Waals surface area (Å²) in [7, 11) is 3.00. The lowest BCUT2D eigenvalue weighted by Gasteiger charge is -2.09. The Morgan fingerprint density at radius 1 is 1.20 bits per heavy atom. The van der Waals surface area contributed by atoms with Crippen molar-refractivity contribution in [1.82, 2.24) is 0 Å². The van der Waals surface area contributed by atoms with E-state index in [1.165, 1.54) is 18.9 Å². The summed E-state index contributed by atoms with van der Waals surface area (Å²) in [6.07, 6.45) is 0. The minimum atomic E-state index is -0.600. The number of ether oxygens (including phenoxy) is 2. The lowest BCUT2D eigenvalue weighted by molar-refractivity contribution is -0.141. The predicted molar refractivity (Wildman–Crippen MR) is 81.2 cm³/mol. The minimum Gasteiger partial charge on any atom is -0.497 e. The van der Waals surface area contributed by atoms with Gasteiger partial charge in [0.25, 0.3) is 0 Å². The molecule has 2 N–H and O–H groups in total. The highest BCUT2D eigenvalue weighted by Gasteiger charge is 2.13. The Balaban J connectivity index is 2.10. The van der Waals surface area contributed by atoms with Gasteiger partial charge in [0.15, 0.2) is 0 Å². The number of hydrogen-bond acceptors (Lipinski definition) is 5. The van der Waals surface area contributed by atoms with Crippen LogP contribution in [0.25, 0.3) is 10.8 Å². The standard InChI is InChI=1S/C15H17NO3S/c1-18-12-5-3-11-8-13(6-4-10(11)7-12)20-9-14(16)15(17)19-2/h3-8,14H,9,16H2,1-2H3/t14-/m0/s1. The Morgan fingerprint density at radius 2 is 1.90 bits per heavy atom. The molecule has 0 amide bonds. The number of rotatable bonds is 5. The molecule has 0 saturated carbocycles. The Hall–Kier alpha value is -1.72. The van der Waals surface area contributed by atoms with E-state index in [4.69, 9.17) is 10.5 Å². The molecular weight excluding hydrogens is 274 g/mol. The van der Waals surface area contributed by atoms with Crippen LogP contribution in [0.3, 0.4) is 0 Å². The highest BCUT2D eigenvalue weighted by molar-refractivity contribution is 7.99. The summed E-state index contributed by atoms with van der Waals surface area (Å²) in [5, 5.41) is 2.24. The second-order valence-corrected chi connectivity index (χ2v) is 5.41. The summed E-state index contributed by atoms with van der Waals surface area (Å²) >= 11 is 1.54. The van der Waals surface area contributed by atoms with Crippen LogP contribution in [0.4, 0.5) is 0 Å². The van der Waals surface area contributed by atoms with Crippen molar-refractivity contribution in [2.75, 3.05) is 20.0 Å². The Labute approximate surface area is 122 Å². The van der Waals surface area contributed by atoms with E-state index in [1.807, 2.05) is 30.3 Å². The van der Waals surface area contributed by atoms with Gasteiger partial charge in [0, 0.05) is 10.6 Å². The molecule has 4 nitrogen and oxygen atoms in total. The Kier molecular flexibility index (Phi) is 4.87. The van der Waals surface area contributed by atoms with E-state index in [0.717, 1.165) is 21.4 Å². The van der Waals surface area contributed by atoms with Gasteiger partial charge in [0.05, 0.1) is 14.2 Å². The molecule has 1 atom stereocenters. The topological polar surface area (TPSA) is 61.5 Å². The van der Waals surface area contributed by atoms with Gasteiger partial charge < -0.3 is 15.2 Å². The van der Waals surface area contributed by atoms with Crippen LogP contribution >= 0.6 is 11.8 Å². The SMILES string of the molecule is COC(=O)[C@@H](N)CSc1ccc2cc(OC)ccc2c1. The van der Waals surface area contributed by atoms with E-state index in [2.05, 4.69) is 10.8 Å². The second-order valence-electron chi connectivity index (χ2n) is 4.32. The first-order valence-corrected chi connectivity index (χ1v) is 7.16. The van der Waals surface area contributed by atoms with Crippen molar-refractivity contribution in [1.29, 1.82) is 0 Å². The fraction of sp³-hybridized carbons (Fsp3) is 0.267. The molecule has 0 aliphatic heterocycles. The number of fused-ring (bicyclic) bond motifs is 1. The van der Waals surface area contributed by atoms with Crippen LogP contribution in [0, 0.1) is 0 Å². The molecule has 0 aromatic heterocycles. The Bertz CT molecular complexity index is 615. The number of carbonyl (C=O) groups is 1. The number of esters is 1. The largest absolute Gasteiger partial charge is 0.497 e. The van der Waals surface area contributed by atoms with Crippen molar-refractivity contribution in [3.8, 4) is 5.75 Å². The number of thioether (sulfide) groups is 1. The lowest BCUT2D eigenvalue weighted by atomic mass is 10.1. The van der Waals surface area contributed by atoms with Crippen molar-refractivity contribution < 1.29 is 14.3 Å². The third kappa shape index (κ3) is 3.43. The molecule has 106 valence electrons. The summed E-state index contributed by atoms with van der Waals surface area (Å²) in [5.41, 5.74) is 5.71. The van der Waals surface area contributed by atoms with E-state index in [0.29, 0.717) is 5.75 Å². The highest BCUT2D eigenvalue weighted by Crippen LogP contribution is 2.26. The molecule has 0 saturated heterocycles. The maximum Gasteiger partial charge on any atom is 0.323 e. The number of methoxy groups -OCH3 is 2. The Morgan fingerprint density at radius 3 is 2.60 bits per heavy atom. The normalized spacial score (nSPS) is 12.2. The van der Waals surface area contributed by atoms with Gasteiger partial charge in [-0.2, -0.15) is 0 Å². The average molecular weight is 291 g/mol. The summed E-state index contributed by atoms with van der Waals surface area (Å²) in [6.45, 7) is 0. The van der Waals surface area contributed by atoms with Crippen LogP contribution in [-0.4, -0.2) is 32.0 Å². The summed E-state index contributed by atoms with van der Waals surface area (Å²) in [4.78, 5) is 12.3. The maximum absolute atomic E-state index is 11.2. The van der Waals surface area contributed by atoms with Crippen molar-refractivity contribution >= 4 is 28.5 Å². The smallest absolute Gasteiger partial charge is 0.323 e. The third-order valence-corrected chi connectivity index (χ3v) is 4.07. The summed E-state index contributed by atoms with van der Waals surface area (Å²) in [6, 6.07) is 11.4. The lowest BCUT2D eigenvalue weighted by Crippen LogP contribution is -2.33. The molecule has 2 aromatic rings. The van der Waals surface area contributed by atoms with Crippen LogP contribution in [0.1, 0.15) is 0 Å². The molecule has 20 heavy (non-hydrogen) atoms. The van der Waals surface area contributed by atoms with E-state index in [1.54, 1.807) is 7.11 Å². The quantitative estimate of drug-likeness (QED) is 0.677. The van der Waals surface area contributed by atoms with Crippen LogP contribution < -0.4 is 10.5 Å². The van der Waals surface area contributed by atoms with Gasteiger partial charge in [-0.05, 0) is 35.0 Å². The van der Waals surface area contributed by atoms with E-state index >= 15 is 0 Å². The molecule has 5 heteroatoms. The molecule has 0 heterocycles. The fourth-order valence-corrected chi connectivity index (χ4v) is 2.71. The average Bonchev–Trinajstić information content (AvgIpc) is 2.50. The van der Waals surface area contributed by atoms with Crippen LogP contribution in [0.2, 0.25) is 0 Å². The van der Waals surface area contributed by atoms with E-state index in [-0.39, 0.29) is 5.97 Å². The first-order valence-electron chi connectivity index (χ1n) is 6.18. The molecule has 0 spiro atoms. The number of carbonyl (C=O) groups excluding carboxylic acids is 1. The number of hydrogen-bond donors (Lipinski definition) is 1. The number of benzene rings is 2. The second kappa shape index (κ2) is 6.63. The monoisotopic (exact) mass is 291 g/mol. The van der Waals surface area contributed by atoms with Gasteiger partial charge in [-0.15, -0.1) is 11.8 Å². The van der Waals surface area contributed by atoms with Gasteiger partial charge in [0.1, 0.15) is 11.8 Å². The zero-order valence-electron chi connectivity index (χ0n) is 11.5. The van der Waals surface area contributed by atoms with Crippen LogP contribution in [-0.2, 0) is 9.53 Å². The van der Waals surface area contributed by atoms with Gasteiger partial charge in [-0.25, -0.2) is 0 Å². The maximum atomic E-state index is 11.2. The molecule has 0 radical (unpaired) electrons.